The summed E-state index contributed by atoms with van der Waals surface area (Å²) in [5, 5.41) is 0. The summed E-state index contributed by atoms with van der Waals surface area (Å²) in [5.74, 6) is -1.15. The molecule has 1 unspecified atom stereocenters. The number of piperidine rings is 1. The minimum absolute atomic E-state index is 0.138. The zero-order valence-corrected chi connectivity index (χ0v) is 16.7. The number of Topliss-reactive ketones (excluding diaryl/α,β-unsaturated/α-hetero) is 1. The van der Waals surface area contributed by atoms with Crippen LogP contribution in [0.3, 0.4) is 0 Å². The van der Waals surface area contributed by atoms with Crippen LogP contribution in [0.1, 0.15) is 39.4 Å². The summed E-state index contributed by atoms with van der Waals surface area (Å²) in [6, 6.07) is 13.8. The highest BCUT2D eigenvalue weighted by Crippen LogP contribution is 2.27. The van der Waals surface area contributed by atoms with E-state index in [9.17, 15) is 14.0 Å². The summed E-state index contributed by atoms with van der Waals surface area (Å²) in [5.41, 5.74) is 2.57. The summed E-state index contributed by atoms with van der Waals surface area (Å²) >= 11 is 0. The van der Waals surface area contributed by atoms with Crippen LogP contribution in [-0.2, 0) is 0 Å². The highest BCUT2D eigenvalue weighted by Gasteiger charge is 2.30. The van der Waals surface area contributed by atoms with Crippen molar-refractivity contribution in [1.29, 1.82) is 0 Å². The Kier molecular flexibility index (Phi) is 5.65. The predicted octanol–water partition coefficient (Wildman–Crippen LogP) is 4.33. The van der Waals surface area contributed by atoms with Gasteiger partial charge in [-0.3, -0.25) is 14.6 Å². The molecular weight excluding hydrogens is 381 g/mol. The second-order valence-electron chi connectivity index (χ2n) is 7.56. The number of hydrogen-bond acceptors (Lipinski definition) is 4. The standard InChI is InChI=1S/C24H22FN3O2/c1-16-13-27-22(14-26-16)24(30)28-11-5-8-19(15-28)23(29)18-9-10-20(21(25)12-18)17-6-3-2-4-7-17/h2-4,6-7,9-10,12-14,19H,5,8,11,15H2,1H3. The van der Waals surface area contributed by atoms with Crippen molar-refractivity contribution in [2.45, 2.75) is 19.8 Å². The smallest absolute Gasteiger partial charge is 0.274 e. The molecule has 0 saturated carbocycles. The third-order valence-electron chi connectivity index (χ3n) is 5.42. The first-order chi connectivity index (χ1) is 14.5. The van der Waals surface area contributed by atoms with E-state index < -0.39 is 5.82 Å². The number of halogens is 1. The van der Waals surface area contributed by atoms with Gasteiger partial charge in [-0.25, -0.2) is 9.37 Å². The van der Waals surface area contributed by atoms with Crippen LogP contribution in [0, 0.1) is 18.7 Å². The van der Waals surface area contributed by atoms with Gasteiger partial charge >= 0.3 is 0 Å². The van der Waals surface area contributed by atoms with E-state index in [1.165, 1.54) is 12.3 Å². The fraction of sp³-hybridized carbons (Fsp3) is 0.250. The zero-order chi connectivity index (χ0) is 21.1. The topological polar surface area (TPSA) is 63.2 Å². The van der Waals surface area contributed by atoms with Gasteiger partial charge in [0.05, 0.1) is 11.9 Å². The monoisotopic (exact) mass is 403 g/mol. The van der Waals surface area contributed by atoms with Gasteiger partial charge in [-0.2, -0.15) is 0 Å². The molecule has 1 aromatic heterocycles. The van der Waals surface area contributed by atoms with E-state index in [1.54, 1.807) is 30.2 Å². The third kappa shape index (κ3) is 4.13. The Labute approximate surface area is 174 Å². The molecule has 0 spiro atoms. The van der Waals surface area contributed by atoms with E-state index in [0.29, 0.717) is 37.1 Å². The highest BCUT2D eigenvalue weighted by molar-refractivity contribution is 5.99. The predicted molar refractivity (Wildman–Crippen MR) is 112 cm³/mol. The molecule has 1 atom stereocenters. The Morgan fingerprint density at radius 3 is 2.57 bits per heavy atom. The Balaban J connectivity index is 1.50. The van der Waals surface area contributed by atoms with Crippen LogP contribution in [0.5, 0.6) is 0 Å². The summed E-state index contributed by atoms with van der Waals surface area (Å²) in [6.45, 7) is 2.67. The molecule has 1 amide bonds. The molecule has 30 heavy (non-hydrogen) atoms. The molecule has 4 rings (SSSR count). The van der Waals surface area contributed by atoms with Gasteiger partial charge in [-0.1, -0.05) is 42.5 Å². The van der Waals surface area contributed by atoms with Crippen molar-refractivity contribution in [3.63, 3.8) is 0 Å². The quantitative estimate of drug-likeness (QED) is 0.609. The van der Waals surface area contributed by atoms with Crippen molar-refractivity contribution >= 4 is 11.7 Å². The number of carbonyl (C=O) groups excluding carboxylic acids is 2. The molecule has 152 valence electrons. The molecule has 1 aliphatic rings. The Morgan fingerprint density at radius 2 is 1.87 bits per heavy atom. The van der Waals surface area contributed by atoms with E-state index >= 15 is 0 Å². The lowest BCUT2D eigenvalue weighted by molar-refractivity contribution is 0.0631. The number of hydrogen-bond donors (Lipinski definition) is 0. The van der Waals surface area contributed by atoms with Crippen molar-refractivity contribution in [3.05, 3.63) is 83.7 Å². The molecule has 1 fully saturated rings. The molecule has 3 aromatic rings. The van der Waals surface area contributed by atoms with E-state index in [2.05, 4.69) is 9.97 Å². The lowest BCUT2D eigenvalue weighted by Gasteiger charge is -2.31. The fourth-order valence-corrected chi connectivity index (χ4v) is 3.80. The van der Waals surface area contributed by atoms with E-state index in [0.717, 1.165) is 11.3 Å². The normalized spacial score (nSPS) is 16.3. The van der Waals surface area contributed by atoms with Gasteiger partial charge in [-0.15, -0.1) is 0 Å². The number of benzene rings is 2. The molecular formula is C24H22FN3O2. The van der Waals surface area contributed by atoms with Crippen LogP contribution in [0.25, 0.3) is 11.1 Å². The first kappa shape index (κ1) is 19.9. The number of likely N-dealkylation sites (tertiary alicyclic amines) is 1. The van der Waals surface area contributed by atoms with Gasteiger partial charge < -0.3 is 4.90 Å². The maximum atomic E-state index is 14.7. The number of aryl methyl sites for hydroxylation is 1. The first-order valence-electron chi connectivity index (χ1n) is 10.00. The van der Waals surface area contributed by atoms with Crippen LogP contribution in [0.15, 0.2) is 60.9 Å². The molecule has 5 nitrogen and oxygen atoms in total. The maximum Gasteiger partial charge on any atom is 0.274 e. The summed E-state index contributed by atoms with van der Waals surface area (Å²) in [4.78, 5) is 35.6. The second-order valence-corrected chi connectivity index (χ2v) is 7.56. The number of nitrogens with zero attached hydrogens (tertiary/aromatic N) is 3. The molecule has 1 aliphatic heterocycles. The molecule has 2 heterocycles. The van der Waals surface area contributed by atoms with Crippen molar-refractivity contribution in [2.24, 2.45) is 5.92 Å². The SMILES string of the molecule is Cc1cnc(C(=O)N2CCCC(C(=O)c3ccc(-c4ccccc4)c(F)c3)C2)cn1. The lowest BCUT2D eigenvalue weighted by Crippen LogP contribution is -2.42. The van der Waals surface area contributed by atoms with Crippen LogP contribution < -0.4 is 0 Å². The lowest BCUT2D eigenvalue weighted by atomic mass is 9.89. The van der Waals surface area contributed by atoms with Gasteiger partial charge in [0.1, 0.15) is 11.5 Å². The molecule has 1 saturated heterocycles. The first-order valence-corrected chi connectivity index (χ1v) is 10.00. The average molecular weight is 403 g/mol. The highest BCUT2D eigenvalue weighted by atomic mass is 19.1. The van der Waals surface area contributed by atoms with Crippen molar-refractivity contribution in [3.8, 4) is 11.1 Å². The van der Waals surface area contributed by atoms with Gasteiger partial charge in [0.2, 0.25) is 0 Å². The largest absolute Gasteiger partial charge is 0.337 e. The molecule has 2 aromatic carbocycles. The second kappa shape index (κ2) is 8.53. The number of ketones is 1. The summed E-state index contributed by atoms with van der Waals surface area (Å²) < 4.78 is 14.7. The fourth-order valence-electron chi connectivity index (χ4n) is 3.80. The van der Waals surface area contributed by atoms with Crippen LogP contribution in [0.2, 0.25) is 0 Å². The summed E-state index contributed by atoms with van der Waals surface area (Å²) in [6.07, 6.45) is 4.40. The Hall–Kier alpha value is -3.41. The van der Waals surface area contributed by atoms with E-state index in [4.69, 9.17) is 0 Å². The van der Waals surface area contributed by atoms with E-state index in [1.807, 2.05) is 30.3 Å². The van der Waals surface area contributed by atoms with Crippen LogP contribution in [-0.4, -0.2) is 39.6 Å². The van der Waals surface area contributed by atoms with Gasteiger partial charge in [0, 0.05) is 36.3 Å². The Morgan fingerprint density at radius 1 is 1.07 bits per heavy atom. The number of rotatable bonds is 4. The molecule has 0 bridgehead atoms. The van der Waals surface area contributed by atoms with Gasteiger partial charge in [0.25, 0.3) is 5.91 Å². The number of aromatic nitrogens is 2. The molecule has 0 aliphatic carbocycles. The minimum atomic E-state index is -0.425. The maximum absolute atomic E-state index is 14.7. The van der Waals surface area contributed by atoms with Crippen LogP contribution in [0.4, 0.5) is 4.39 Å². The van der Waals surface area contributed by atoms with E-state index in [-0.39, 0.29) is 23.3 Å². The van der Waals surface area contributed by atoms with Crippen molar-refractivity contribution in [1.82, 2.24) is 14.9 Å². The van der Waals surface area contributed by atoms with Crippen LogP contribution >= 0.6 is 0 Å². The summed E-state index contributed by atoms with van der Waals surface area (Å²) in [7, 11) is 0. The van der Waals surface area contributed by atoms with Gasteiger partial charge in [0.15, 0.2) is 5.78 Å². The Bertz CT molecular complexity index is 1070. The zero-order valence-electron chi connectivity index (χ0n) is 16.7. The van der Waals surface area contributed by atoms with Crippen molar-refractivity contribution < 1.29 is 14.0 Å². The van der Waals surface area contributed by atoms with Crippen molar-refractivity contribution in [2.75, 3.05) is 13.1 Å². The minimum Gasteiger partial charge on any atom is -0.337 e. The van der Waals surface area contributed by atoms with Gasteiger partial charge in [-0.05, 0) is 31.4 Å². The average Bonchev–Trinajstić information content (AvgIpc) is 2.79. The molecule has 0 radical (unpaired) electrons. The molecule has 0 N–H and O–H groups in total. The number of amides is 1. The molecule has 6 heteroatoms. The third-order valence-corrected chi connectivity index (χ3v) is 5.42. The number of carbonyl (C=O) groups is 2.